The van der Waals surface area contributed by atoms with Crippen molar-refractivity contribution >= 4 is 11.6 Å². The van der Waals surface area contributed by atoms with Crippen LogP contribution in [0.4, 0.5) is 5.69 Å². The SMILES string of the molecule is COc1ccc(NC(=O)C(CC(C)C)(CC(C)C)OC)cc1C#N. The number of hydrogen-bond acceptors (Lipinski definition) is 4. The third-order valence-electron chi connectivity index (χ3n) is 3.86. The van der Waals surface area contributed by atoms with Crippen molar-refractivity contribution in [2.45, 2.75) is 46.1 Å². The average Bonchev–Trinajstić information content (AvgIpc) is 2.52. The van der Waals surface area contributed by atoms with Crippen molar-refractivity contribution in [1.29, 1.82) is 5.26 Å². The second-order valence-corrected chi connectivity index (χ2v) is 6.88. The number of anilines is 1. The number of carbonyl (C=O) groups is 1. The molecular formula is C19H28N2O3. The van der Waals surface area contributed by atoms with Crippen LogP contribution >= 0.6 is 0 Å². The standard InChI is InChI=1S/C19H28N2O3/c1-13(2)10-19(24-6,11-14(3)4)18(22)21-16-7-8-17(23-5)15(9-16)12-20/h7-9,13-14H,10-11H2,1-6H3,(H,21,22). The number of nitrogens with zero attached hydrogens (tertiary/aromatic N) is 1. The first-order valence-electron chi connectivity index (χ1n) is 8.22. The summed E-state index contributed by atoms with van der Waals surface area (Å²) in [5, 5.41) is 12.1. The van der Waals surface area contributed by atoms with Gasteiger partial charge in [-0.05, 0) is 42.9 Å². The molecule has 5 heteroatoms. The predicted octanol–water partition coefficient (Wildman–Crippen LogP) is 3.98. The summed E-state index contributed by atoms with van der Waals surface area (Å²) >= 11 is 0. The van der Waals surface area contributed by atoms with Crippen LogP contribution in [-0.2, 0) is 9.53 Å². The Labute approximate surface area is 145 Å². The van der Waals surface area contributed by atoms with Crippen LogP contribution in [0.5, 0.6) is 5.75 Å². The molecule has 24 heavy (non-hydrogen) atoms. The summed E-state index contributed by atoms with van der Waals surface area (Å²) in [7, 11) is 3.09. The quantitative estimate of drug-likeness (QED) is 0.781. The zero-order valence-electron chi connectivity index (χ0n) is 15.5. The molecule has 0 heterocycles. The summed E-state index contributed by atoms with van der Waals surface area (Å²) in [6, 6.07) is 7.08. The lowest BCUT2D eigenvalue weighted by Crippen LogP contribution is -2.46. The molecule has 0 aliphatic carbocycles. The smallest absolute Gasteiger partial charge is 0.256 e. The zero-order valence-corrected chi connectivity index (χ0v) is 15.5. The van der Waals surface area contributed by atoms with E-state index >= 15 is 0 Å². The molecule has 0 aliphatic rings. The molecule has 1 amide bonds. The highest BCUT2D eigenvalue weighted by atomic mass is 16.5. The fourth-order valence-electron chi connectivity index (χ4n) is 2.97. The van der Waals surface area contributed by atoms with Gasteiger partial charge in [0.05, 0.1) is 12.7 Å². The van der Waals surface area contributed by atoms with E-state index in [4.69, 9.17) is 9.47 Å². The molecule has 0 saturated heterocycles. The molecule has 0 saturated carbocycles. The fraction of sp³-hybridized carbons (Fsp3) is 0.579. The van der Waals surface area contributed by atoms with E-state index in [1.807, 2.05) is 0 Å². The third-order valence-corrected chi connectivity index (χ3v) is 3.86. The number of ether oxygens (including phenoxy) is 2. The highest BCUT2D eigenvalue weighted by Gasteiger charge is 2.39. The molecule has 1 N–H and O–H groups in total. The number of hydrogen-bond donors (Lipinski definition) is 1. The van der Waals surface area contributed by atoms with Crippen LogP contribution in [0.1, 0.15) is 46.1 Å². The second-order valence-electron chi connectivity index (χ2n) is 6.88. The summed E-state index contributed by atoms with van der Waals surface area (Å²) in [6.07, 6.45) is 1.27. The van der Waals surface area contributed by atoms with Gasteiger partial charge in [0.15, 0.2) is 0 Å². The molecule has 0 aromatic heterocycles. The Morgan fingerprint density at radius 3 is 2.21 bits per heavy atom. The van der Waals surface area contributed by atoms with E-state index in [-0.39, 0.29) is 5.91 Å². The normalized spacial score (nSPS) is 11.5. The topological polar surface area (TPSA) is 71.3 Å². The fourth-order valence-corrected chi connectivity index (χ4v) is 2.97. The van der Waals surface area contributed by atoms with E-state index in [2.05, 4.69) is 39.1 Å². The van der Waals surface area contributed by atoms with Crippen LogP contribution < -0.4 is 10.1 Å². The number of methoxy groups -OCH3 is 2. The minimum atomic E-state index is -0.880. The maximum atomic E-state index is 12.9. The van der Waals surface area contributed by atoms with Gasteiger partial charge in [0.2, 0.25) is 0 Å². The predicted molar refractivity (Wildman–Crippen MR) is 95.0 cm³/mol. The van der Waals surface area contributed by atoms with E-state index in [1.54, 1.807) is 25.3 Å². The van der Waals surface area contributed by atoms with Crippen molar-refractivity contribution in [3.63, 3.8) is 0 Å². The van der Waals surface area contributed by atoms with E-state index in [0.717, 1.165) is 0 Å². The van der Waals surface area contributed by atoms with Gasteiger partial charge in [0.25, 0.3) is 5.91 Å². The maximum absolute atomic E-state index is 12.9. The van der Waals surface area contributed by atoms with Gasteiger partial charge in [-0.2, -0.15) is 5.26 Å². The first-order valence-corrected chi connectivity index (χ1v) is 8.22. The Balaban J connectivity index is 3.09. The highest BCUT2D eigenvalue weighted by Crippen LogP contribution is 2.31. The Hall–Kier alpha value is -2.06. The lowest BCUT2D eigenvalue weighted by molar-refractivity contribution is -0.142. The Morgan fingerprint density at radius 1 is 1.21 bits per heavy atom. The minimum Gasteiger partial charge on any atom is -0.495 e. The molecule has 0 unspecified atom stereocenters. The lowest BCUT2D eigenvalue weighted by Gasteiger charge is -2.34. The Bertz CT molecular complexity index is 593. The Morgan fingerprint density at radius 2 is 1.79 bits per heavy atom. The van der Waals surface area contributed by atoms with Crippen molar-refractivity contribution in [2.75, 3.05) is 19.5 Å². The summed E-state index contributed by atoms with van der Waals surface area (Å²) in [5.41, 5.74) is 0.0621. The Kier molecular flexibility index (Phi) is 7.24. The molecule has 132 valence electrons. The molecule has 1 aromatic carbocycles. The molecule has 1 rings (SSSR count). The average molecular weight is 332 g/mol. The van der Waals surface area contributed by atoms with Gasteiger partial charge in [-0.3, -0.25) is 4.79 Å². The number of rotatable bonds is 8. The summed E-state index contributed by atoms with van der Waals surface area (Å²) in [6.45, 7) is 8.29. The minimum absolute atomic E-state index is 0.179. The van der Waals surface area contributed by atoms with Crippen LogP contribution in [-0.4, -0.2) is 25.7 Å². The second kappa shape index (κ2) is 8.70. The third kappa shape index (κ3) is 4.97. The van der Waals surface area contributed by atoms with Crippen LogP contribution in [0.2, 0.25) is 0 Å². The van der Waals surface area contributed by atoms with E-state index in [1.165, 1.54) is 7.11 Å². The van der Waals surface area contributed by atoms with E-state index in [0.29, 0.717) is 41.7 Å². The van der Waals surface area contributed by atoms with Gasteiger partial charge >= 0.3 is 0 Å². The summed E-state index contributed by atoms with van der Waals surface area (Å²) in [4.78, 5) is 12.9. The van der Waals surface area contributed by atoms with Crippen LogP contribution in [0.3, 0.4) is 0 Å². The molecular weight excluding hydrogens is 304 g/mol. The van der Waals surface area contributed by atoms with Crippen LogP contribution in [0, 0.1) is 23.2 Å². The van der Waals surface area contributed by atoms with Gasteiger partial charge in [-0.15, -0.1) is 0 Å². The summed E-state index contributed by atoms with van der Waals surface area (Å²) in [5.74, 6) is 0.944. The lowest BCUT2D eigenvalue weighted by atomic mass is 9.84. The van der Waals surface area contributed by atoms with Gasteiger partial charge in [-0.1, -0.05) is 27.7 Å². The van der Waals surface area contributed by atoms with Crippen molar-refractivity contribution < 1.29 is 14.3 Å². The molecule has 0 aliphatic heterocycles. The first-order chi connectivity index (χ1) is 11.3. The monoisotopic (exact) mass is 332 g/mol. The van der Waals surface area contributed by atoms with Gasteiger partial charge in [0, 0.05) is 12.8 Å². The molecule has 0 atom stereocenters. The van der Waals surface area contributed by atoms with Gasteiger partial charge in [0.1, 0.15) is 17.4 Å². The molecule has 0 bridgehead atoms. The van der Waals surface area contributed by atoms with E-state index in [9.17, 15) is 10.1 Å². The highest BCUT2D eigenvalue weighted by molar-refractivity contribution is 5.97. The van der Waals surface area contributed by atoms with Crippen molar-refractivity contribution in [3.8, 4) is 11.8 Å². The number of nitrogens with one attached hydrogen (secondary N) is 1. The molecule has 0 fully saturated rings. The number of amides is 1. The van der Waals surface area contributed by atoms with Crippen LogP contribution in [0.15, 0.2) is 18.2 Å². The zero-order chi connectivity index (χ0) is 18.3. The van der Waals surface area contributed by atoms with Crippen LogP contribution in [0.25, 0.3) is 0 Å². The number of carbonyl (C=O) groups excluding carboxylic acids is 1. The largest absolute Gasteiger partial charge is 0.495 e. The maximum Gasteiger partial charge on any atom is 0.256 e. The van der Waals surface area contributed by atoms with Crippen molar-refractivity contribution in [3.05, 3.63) is 23.8 Å². The summed E-state index contributed by atoms with van der Waals surface area (Å²) < 4.78 is 10.8. The van der Waals surface area contributed by atoms with Gasteiger partial charge in [-0.25, -0.2) is 0 Å². The van der Waals surface area contributed by atoms with Crippen molar-refractivity contribution in [2.24, 2.45) is 11.8 Å². The molecule has 1 aromatic rings. The number of benzene rings is 1. The van der Waals surface area contributed by atoms with E-state index < -0.39 is 5.60 Å². The first kappa shape index (κ1) is 20.0. The molecule has 0 spiro atoms. The molecule has 0 radical (unpaired) electrons. The van der Waals surface area contributed by atoms with Crippen molar-refractivity contribution in [1.82, 2.24) is 0 Å². The number of nitriles is 1. The van der Waals surface area contributed by atoms with Gasteiger partial charge < -0.3 is 14.8 Å². The molecule has 5 nitrogen and oxygen atoms in total.